The molecular weight excluding hydrogens is 189 g/mol. The maximum absolute atomic E-state index is 11.9. The molecule has 0 bridgehead atoms. The molecule has 0 fully saturated rings. The zero-order chi connectivity index (χ0) is 10.5. The molecule has 0 aliphatic rings. The minimum atomic E-state index is -4.83. The van der Waals surface area contributed by atoms with Crippen LogP contribution in [-0.2, 0) is 9.53 Å². The van der Waals surface area contributed by atoms with Crippen molar-refractivity contribution in [2.75, 3.05) is 6.61 Å². The number of aliphatic carboxylic acids is 1. The number of unbranched alkanes of at least 4 members (excludes halogenated alkanes) is 1. The normalized spacial score (nSPS) is 14.2. The van der Waals surface area contributed by atoms with Gasteiger partial charge in [-0.3, -0.25) is 0 Å². The molecule has 1 N–H and O–H groups in total. The van der Waals surface area contributed by atoms with Crippen LogP contribution in [-0.4, -0.2) is 30.0 Å². The number of rotatable bonds is 5. The van der Waals surface area contributed by atoms with Gasteiger partial charge in [-0.05, 0) is 6.42 Å². The molecular formula is C7H11F3O3. The molecule has 0 aromatic carbocycles. The first-order valence-electron chi connectivity index (χ1n) is 3.80. The summed E-state index contributed by atoms with van der Waals surface area (Å²) in [4.78, 5) is 10.1. The molecule has 0 aliphatic heterocycles. The quantitative estimate of drug-likeness (QED) is 0.688. The van der Waals surface area contributed by atoms with Gasteiger partial charge in [0.1, 0.15) is 0 Å². The molecule has 0 radical (unpaired) electrons. The number of carboxylic acid groups (broad SMARTS) is 1. The van der Waals surface area contributed by atoms with Crippen molar-refractivity contribution < 1.29 is 27.8 Å². The lowest BCUT2D eigenvalue weighted by molar-refractivity contribution is -0.227. The molecule has 0 rings (SSSR count). The third-order valence-corrected chi connectivity index (χ3v) is 1.30. The van der Waals surface area contributed by atoms with Crippen molar-refractivity contribution in [2.24, 2.45) is 0 Å². The molecule has 0 aromatic rings. The molecule has 0 aliphatic carbocycles. The van der Waals surface area contributed by atoms with E-state index in [0.717, 1.165) is 0 Å². The first-order valence-corrected chi connectivity index (χ1v) is 3.80. The number of hydrogen-bond acceptors (Lipinski definition) is 2. The zero-order valence-corrected chi connectivity index (χ0v) is 7.10. The molecule has 0 amide bonds. The Bertz CT molecular complexity index is 167. The third kappa shape index (κ3) is 4.72. The summed E-state index contributed by atoms with van der Waals surface area (Å²) < 4.78 is 39.9. The summed E-state index contributed by atoms with van der Waals surface area (Å²) in [6.45, 7) is 1.58. The Balaban J connectivity index is 4.04. The van der Waals surface area contributed by atoms with Crippen LogP contribution in [0.15, 0.2) is 0 Å². The Morgan fingerprint density at radius 1 is 1.54 bits per heavy atom. The molecule has 0 spiro atoms. The van der Waals surface area contributed by atoms with Crippen LogP contribution in [0, 0.1) is 0 Å². The highest BCUT2D eigenvalue weighted by Crippen LogP contribution is 2.23. The second-order valence-electron chi connectivity index (χ2n) is 2.48. The van der Waals surface area contributed by atoms with E-state index in [4.69, 9.17) is 5.11 Å². The van der Waals surface area contributed by atoms with Crippen LogP contribution in [0.1, 0.15) is 19.8 Å². The van der Waals surface area contributed by atoms with Gasteiger partial charge in [0.2, 0.25) is 0 Å². The van der Waals surface area contributed by atoms with Gasteiger partial charge < -0.3 is 9.84 Å². The van der Waals surface area contributed by atoms with Gasteiger partial charge in [0, 0.05) is 6.61 Å². The maximum Gasteiger partial charge on any atom is 0.425 e. The average molecular weight is 200 g/mol. The van der Waals surface area contributed by atoms with Crippen LogP contribution in [0.25, 0.3) is 0 Å². The Kier molecular flexibility index (Phi) is 4.76. The van der Waals surface area contributed by atoms with E-state index in [1.165, 1.54) is 0 Å². The van der Waals surface area contributed by atoms with Crippen LogP contribution in [0.5, 0.6) is 0 Å². The van der Waals surface area contributed by atoms with Crippen LogP contribution in [0.4, 0.5) is 13.2 Å². The third-order valence-electron chi connectivity index (χ3n) is 1.30. The van der Waals surface area contributed by atoms with E-state index in [9.17, 15) is 18.0 Å². The first kappa shape index (κ1) is 12.2. The second kappa shape index (κ2) is 5.06. The molecule has 1 atom stereocenters. The molecule has 0 saturated heterocycles. The Morgan fingerprint density at radius 3 is 2.38 bits per heavy atom. The Morgan fingerprint density at radius 2 is 2.08 bits per heavy atom. The lowest BCUT2D eigenvalue weighted by atomic mass is 10.3. The van der Waals surface area contributed by atoms with Gasteiger partial charge in [-0.1, -0.05) is 13.3 Å². The molecule has 0 aromatic heterocycles. The smallest absolute Gasteiger partial charge is 0.425 e. The lowest BCUT2D eigenvalue weighted by Gasteiger charge is -2.16. The predicted molar refractivity (Wildman–Crippen MR) is 38.3 cm³/mol. The molecule has 6 heteroatoms. The van der Waals surface area contributed by atoms with E-state index in [1.807, 2.05) is 0 Å². The number of carbonyl (C=O) groups is 1. The molecule has 0 unspecified atom stereocenters. The standard InChI is InChI=1S/C7H11F3O3/c1-2-3-4-13-5(6(11)12)7(8,9)10/h5H,2-4H2,1H3,(H,11,12)/t5-/m1/s1. The second-order valence-corrected chi connectivity index (χ2v) is 2.48. The van der Waals surface area contributed by atoms with Crippen LogP contribution < -0.4 is 0 Å². The average Bonchev–Trinajstić information content (AvgIpc) is 1.94. The SMILES string of the molecule is CCCCO[C@H](C(=O)O)C(F)(F)F. The molecule has 3 nitrogen and oxygen atoms in total. The van der Waals surface area contributed by atoms with Gasteiger partial charge >= 0.3 is 12.1 Å². The highest BCUT2D eigenvalue weighted by atomic mass is 19.4. The van der Waals surface area contributed by atoms with Crippen LogP contribution >= 0.6 is 0 Å². The van der Waals surface area contributed by atoms with E-state index in [0.29, 0.717) is 12.8 Å². The molecule has 0 heterocycles. The van der Waals surface area contributed by atoms with Crippen molar-refractivity contribution in [3.63, 3.8) is 0 Å². The minimum absolute atomic E-state index is 0.188. The van der Waals surface area contributed by atoms with Gasteiger partial charge in [0.25, 0.3) is 6.10 Å². The molecule has 13 heavy (non-hydrogen) atoms. The van der Waals surface area contributed by atoms with E-state index >= 15 is 0 Å². The summed E-state index contributed by atoms with van der Waals surface area (Å²) in [5.41, 5.74) is 0. The fourth-order valence-corrected chi connectivity index (χ4v) is 0.651. The zero-order valence-electron chi connectivity index (χ0n) is 7.10. The molecule has 78 valence electrons. The van der Waals surface area contributed by atoms with Gasteiger partial charge in [-0.2, -0.15) is 13.2 Å². The Hall–Kier alpha value is -0.780. The van der Waals surface area contributed by atoms with Crippen molar-refractivity contribution in [2.45, 2.75) is 32.0 Å². The predicted octanol–water partition coefficient (Wildman–Crippen LogP) is 1.82. The van der Waals surface area contributed by atoms with Gasteiger partial charge in [0.05, 0.1) is 0 Å². The number of hydrogen-bond donors (Lipinski definition) is 1. The number of ether oxygens (including phenoxy) is 1. The summed E-state index contributed by atoms with van der Waals surface area (Å²) in [6, 6.07) is 0. The van der Waals surface area contributed by atoms with E-state index in [-0.39, 0.29) is 6.61 Å². The van der Waals surface area contributed by atoms with Gasteiger partial charge in [-0.25, -0.2) is 4.79 Å². The monoisotopic (exact) mass is 200 g/mol. The largest absolute Gasteiger partial charge is 0.479 e. The topological polar surface area (TPSA) is 46.5 Å². The highest BCUT2D eigenvalue weighted by Gasteiger charge is 2.46. The Labute approximate surface area is 73.5 Å². The van der Waals surface area contributed by atoms with E-state index in [1.54, 1.807) is 6.92 Å². The van der Waals surface area contributed by atoms with Crippen molar-refractivity contribution in [3.05, 3.63) is 0 Å². The van der Waals surface area contributed by atoms with Gasteiger partial charge in [-0.15, -0.1) is 0 Å². The van der Waals surface area contributed by atoms with Crippen molar-refractivity contribution >= 4 is 5.97 Å². The summed E-state index contributed by atoms with van der Waals surface area (Å²) >= 11 is 0. The summed E-state index contributed by atoms with van der Waals surface area (Å²) in [5.74, 6) is -2.00. The number of alkyl halides is 3. The lowest BCUT2D eigenvalue weighted by Crippen LogP contribution is -2.39. The summed E-state index contributed by atoms with van der Waals surface area (Å²) in [7, 11) is 0. The fourth-order valence-electron chi connectivity index (χ4n) is 0.651. The maximum atomic E-state index is 11.9. The fraction of sp³-hybridized carbons (Fsp3) is 0.857. The van der Waals surface area contributed by atoms with Gasteiger partial charge in [0.15, 0.2) is 0 Å². The van der Waals surface area contributed by atoms with Crippen molar-refractivity contribution in [1.29, 1.82) is 0 Å². The van der Waals surface area contributed by atoms with Crippen LogP contribution in [0.3, 0.4) is 0 Å². The van der Waals surface area contributed by atoms with Crippen LogP contribution in [0.2, 0.25) is 0 Å². The summed E-state index contributed by atoms with van der Waals surface area (Å²) in [5, 5.41) is 8.16. The first-order chi connectivity index (χ1) is 5.89. The number of carboxylic acids is 1. The minimum Gasteiger partial charge on any atom is -0.479 e. The van der Waals surface area contributed by atoms with E-state index < -0.39 is 18.2 Å². The summed E-state index contributed by atoms with van der Waals surface area (Å²) in [6.07, 6.45) is -6.46. The highest BCUT2D eigenvalue weighted by molar-refractivity contribution is 5.73. The van der Waals surface area contributed by atoms with Crippen molar-refractivity contribution in [3.8, 4) is 0 Å². The molecule has 0 saturated carbocycles. The van der Waals surface area contributed by atoms with E-state index in [2.05, 4.69) is 4.74 Å². The van der Waals surface area contributed by atoms with Crippen molar-refractivity contribution in [1.82, 2.24) is 0 Å². The number of halogens is 3.